The molecule has 1 atom stereocenters. The van der Waals surface area contributed by atoms with Gasteiger partial charge in [0.15, 0.2) is 0 Å². The molecule has 0 saturated carbocycles. The summed E-state index contributed by atoms with van der Waals surface area (Å²) in [5, 5.41) is 12.0. The third-order valence-corrected chi connectivity index (χ3v) is 4.29. The molecule has 1 saturated heterocycles. The molecule has 1 aliphatic heterocycles. The lowest BCUT2D eigenvalue weighted by Gasteiger charge is -2.35. The van der Waals surface area contributed by atoms with Crippen LogP contribution < -0.4 is 0 Å². The van der Waals surface area contributed by atoms with E-state index in [0.717, 1.165) is 36.6 Å². The number of hydrogen-bond acceptors (Lipinski definition) is 4. The summed E-state index contributed by atoms with van der Waals surface area (Å²) < 4.78 is 0. The Labute approximate surface area is 112 Å². The van der Waals surface area contributed by atoms with E-state index in [9.17, 15) is 4.79 Å². The summed E-state index contributed by atoms with van der Waals surface area (Å²) in [6.45, 7) is 3.96. The van der Waals surface area contributed by atoms with Crippen molar-refractivity contribution in [1.82, 2.24) is 9.88 Å². The minimum absolute atomic E-state index is 0.275. The minimum Gasteiger partial charge on any atom is -0.481 e. The normalized spacial score (nSPS) is 21.1. The number of carboxylic acid groups (broad SMARTS) is 1. The largest absolute Gasteiger partial charge is 0.481 e. The first kappa shape index (κ1) is 13.5. The number of carboxylic acids is 1. The van der Waals surface area contributed by atoms with Crippen LogP contribution in [-0.4, -0.2) is 33.5 Å². The molecule has 2 heterocycles. The highest BCUT2D eigenvalue weighted by atomic mass is 32.1. The van der Waals surface area contributed by atoms with Crippen LogP contribution in [0.3, 0.4) is 0 Å². The predicted molar refractivity (Wildman–Crippen MR) is 71.8 cm³/mol. The fourth-order valence-electron chi connectivity index (χ4n) is 2.57. The number of likely N-dealkylation sites (tertiary alicyclic amines) is 1. The molecular formula is C13H20N2O2S. The summed E-state index contributed by atoms with van der Waals surface area (Å²) in [6.07, 6.45) is 4.59. The van der Waals surface area contributed by atoms with Crippen LogP contribution in [0.4, 0.5) is 0 Å². The van der Waals surface area contributed by atoms with Gasteiger partial charge in [0.2, 0.25) is 0 Å². The lowest BCUT2D eigenvalue weighted by Crippen LogP contribution is -2.39. The Morgan fingerprint density at radius 3 is 3.11 bits per heavy atom. The molecule has 2 rings (SSSR count). The van der Waals surface area contributed by atoms with E-state index < -0.39 is 5.97 Å². The molecule has 0 amide bonds. The zero-order valence-corrected chi connectivity index (χ0v) is 11.6. The number of aliphatic carboxylic acids is 1. The summed E-state index contributed by atoms with van der Waals surface area (Å²) in [4.78, 5) is 17.6. The molecule has 5 heteroatoms. The topological polar surface area (TPSA) is 53.4 Å². The van der Waals surface area contributed by atoms with Crippen LogP contribution in [0.15, 0.2) is 5.38 Å². The Bertz CT molecular complexity index is 405. The minimum atomic E-state index is -0.690. The third kappa shape index (κ3) is 3.78. The second-order valence-corrected chi connectivity index (χ2v) is 5.97. The fraction of sp³-hybridized carbons (Fsp3) is 0.692. The number of hydrogen-bond donors (Lipinski definition) is 1. The van der Waals surface area contributed by atoms with Crippen molar-refractivity contribution >= 4 is 17.3 Å². The first-order valence-corrected chi connectivity index (χ1v) is 7.40. The van der Waals surface area contributed by atoms with E-state index in [4.69, 9.17) is 5.11 Å². The van der Waals surface area contributed by atoms with Gasteiger partial charge in [-0.3, -0.25) is 9.69 Å². The average Bonchev–Trinajstić information content (AvgIpc) is 2.73. The number of carbonyl (C=O) groups is 1. The second-order valence-electron chi connectivity index (χ2n) is 4.91. The van der Waals surface area contributed by atoms with Crippen molar-refractivity contribution in [2.24, 2.45) is 0 Å². The molecule has 0 spiro atoms. The summed E-state index contributed by atoms with van der Waals surface area (Å²) in [7, 11) is 0. The van der Waals surface area contributed by atoms with Gasteiger partial charge in [0, 0.05) is 24.4 Å². The van der Waals surface area contributed by atoms with Crippen LogP contribution in [0.25, 0.3) is 0 Å². The molecule has 4 nitrogen and oxygen atoms in total. The molecule has 18 heavy (non-hydrogen) atoms. The maximum Gasteiger partial charge on any atom is 0.303 e. The molecule has 1 N–H and O–H groups in total. The number of aromatic nitrogens is 1. The molecule has 100 valence electrons. The SMILES string of the molecule is Cc1nc(CN2CCCCC2CCC(=O)O)cs1. The Morgan fingerprint density at radius 1 is 1.61 bits per heavy atom. The highest BCUT2D eigenvalue weighted by Crippen LogP contribution is 2.23. The average molecular weight is 268 g/mol. The highest BCUT2D eigenvalue weighted by Gasteiger charge is 2.23. The Balaban J connectivity index is 1.92. The number of nitrogens with zero attached hydrogens (tertiary/aromatic N) is 2. The zero-order valence-electron chi connectivity index (χ0n) is 10.8. The van der Waals surface area contributed by atoms with Gasteiger partial charge in [-0.15, -0.1) is 11.3 Å². The first-order valence-electron chi connectivity index (χ1n) is 6.52. The summed E-state index contributed by atoms with van der Waals surface area (Å²) in [5.74, 6) is -0.690. The van der Waals surface area contributed by atoms with Gasteiger partial charge in [-0.1, -0.05) is 6.42 Å². The lowest BCUT2D eigenvalue weighted by molar-refractivity contribution is -0.137. The van der Waals surface area contributed by atoms with E-state index in [1.54, 1.807) is 11.3 Å². The fourth-order valence-corrected chi connectivity index (χ4v) is 3.18. The quantitative estimate of drug-likeness (QED) is 0.892. The van der Waals surface area contributed by atoms with Crippen molar-refractivity contribution in [2.75, 3.05) is 6.54 Å². The van der Waals surface area contributed by atoms with Gasteiger partial charge >= 0.3 is 5.97 Å². The smallest absolute Gasteiger partial charge is 0.303 e. The molecule has 0 aliphatic carbocycles. The van der Waals surface area contributed by atoms with Crippen molar-refractivity contribution in [3.05, 3.63) is 16.1 Å². The molecule has 0 aromatic carbocycles. The summed E-state index contributed by atoms with van der Waals surface area (Å²) in [6, 6.07) is 0.414. The number of rotatable bonds is 5. The van der Waals surface area contributed by atoms with Crippen LogP contribution in [-0.2, 0) is 11.3 Å². The predicted octanol–water partition coefficient (Wildman–Crippen LogP) is 2.67. The number of aryl methyl sites for hydroxylation is 1. The van der Waals surface area contributed by atoms with Crippen molar-refractivity contribution in [3.63, 3.8) is 0 Å². The third-order valence-electron chi connectivity index (χ3n) is 3.47. The Kier molecular flexibility index (Phi) is 4.72. The van der Waals surface area contributed by atoms with Crippen LogP contribution in [0.2, 0.25) is 0 Å². The monoisotopic (exact) mass is 268 g/mol. The summed E-state index contributed by atoms with van der Waals surface area (Å²) >= 11 is 1.68. The van der Waals surface area contributed by atoms with E-state index in [-0.39, 0.29) is 6.42 Å². The van der Waals surface area contributed by atoms with Crippen LogP contribution in [0.1, 0.15) is 42.8 Å². The van der Waals surface area contributed by atoms with Crippen molar-refractivity contribution in [3.8, 4) is 0 Å². The maximum atomic E-state index is 10.7. The Hall–Kier alpha value is -0.940. The van der Waals surface area contributed by atoms with E-state index in [2.05, 4.69) is 15.3 Å². The number of thiazole rings is 1. The van der Waals surface area contributed by atoms with Gasteiger partial charge in [-0.05, 0) is 32.7 Å². The maximum absolute atomic E-state index is 10.7. The van der Waals surface area contributed by atoms with Gasteiger partial charge in [0.05, 0.1) is 10.7 Å². The van der Waals surface area contributed by atoms with Crippen molar-refractivity contribution in [2.45, 2.75) is 51.6 Å². The molecule has 1 aromatic heterocycles. The van der Waals surface area contributed by atoms with Gasteiger partial charge in [0.25, 0.3) is 0 Å². The Morgan fingerprint density at radius 2 is 2.44 bits per heavy atom. The highest BCUT2D eigenvalue weighted by molar-refractivity contribution is 7.09. The standard InChI is InChI=1S/C13H20N2O2S/c1-10-14-11(9-18-10)8-15-7-3-2-4-12(15)5-6-13(16)17/h9,12H,2-8H2,1H3,(H,16,17). The first-order chi connectivity index (χ1) is 8.65. The molecule has 0 bridgehead atoms. The second kappa shape index (κ2) is 6.29. The summed E-state index contributed by atoms with van der Waals surface area (Å²) in [5.41, 5.74) is 1.12. The van der Waals surface area contributed by atoms with E-state index in [0.29, 0.717) is 6.04 Å². The molecule has 1 fully saturated rings. The van der Waals surface area contributed by atoms with E-state index in [1.807, 2.05) is 6.92 Å². The van der Waals surface area contributed by atoms with Gasteiger partial charge < -0.3 is 5.11 Å². The van der Waals surface area contributed by atoms with E-state index in [1.165, 1.54) is 12.8 Å². The van der Waals surface area contributed by atoms with E-state index >= 15 is 0 Å². The van der Waals surface area contributed by atoms with Crippen LogP contribution in [0, 0.1) is 6.92 Å². The van der Waals surface area contributed by atoms with Gasteiger partial charge in [-0.25, -0.2) is 4.98 Å². The molecular weight excluding hydrogens is 248 g/mol. The van der Waals surface area contributed by atoms with Crippen LogP contribution in [0.5, 0.6) is 0 Å². The molecule has 0 radical (unpaired) electrons. The van der Waals surface area contributed by atoms with Crippen LogP contribution >= 0.6 is 11.3 Å². The van der Waals surface area contributed by atoms with Crippen molar-refractivity contribution < 1.29 is 9.90 Å². The number of piperidine rings is 1. The van der Waals surface area contributed by atoms with Gasteiger partial charge in [-0.2, -0.15) is 0 Å². The van der Waals surface area contributed by atoms with Crippen molar-refractivity contribution in [1.29, 1.82) is 0 Å². The van der Waals surface area contributed by atoms with Gasteiger partial charge in [0.1, 0.15) is 0 Å². The zero-order chi connectivity index (χ0) is 13.0. The molecule has 1 unspecified atom stereocenters. The molecule has 1 aliphatic rings. The molecule has 1 aromatic rings. The lowest BCUT2D eigenvalue weighted by atomic mass is 9.98.